The van der Waals surface area contributed by atoms with Gasteiger partial charge in [0.25, 0.3) is 0 Å². The second kappa shape index (κ2) is 9.74. The van der Waals surface area contributed by atoms with E-state index in [1.807, 2.05) is 13.8 Å². The van der Waals surface area contributed by atoms with Crippen LogP contribution in [0.3, 0.4) is 0 Å². The number of nitrogens with one attached hydrogen (secondary N) is 2. The summed E-state index contributed by atoms with van der Waals surface area (Å²) in [6, 6.07) is -0.161. The fourth-order valence-corrected chi connectivity index (χ4v) is 4.25. The van der Waals surface area contributed by atoms with E-state index >= 15 is 0 Å². The summed E-state index contributed by atoms with van der Waals surface area (Å²) in [6.07, 6.45) is 8.15. The van der Waals surface area contributed by atoms with Gasteiger partial charge in [-0.05, 0) is 58.5 Å². The van der Waals surface area contributed by atoms with Crippen molar-refractivity contribution in [1.82, 2.24) is 20.5 Å². The number of amides is 2. The highest BCUT2D eigenvalue weighted by molar-refractivity contribution is 5.73. The van der Waals surface area contributed by atoms with E-state index in [1.165, 1.54) is 12.8 Å². The first-order valence-corrected chi connectivity index (χ1v) is 10.8. The standard InChI is InChI=1S/C21H36N4O3/c1-16-17(2)28-19(24-16)14-25-11-7-18(8-12-25)13-22-20(26)23-15-21(27)9-5-3-4-6-10-21/h18,27H,3-15H2,1-2H3,(H2,22,23,26). The van der Waals surface area contributed by atoms with Gasteiger partial charge in [-0.2, -0.15) is 0 Å². The second-order valence-electron chi connectivity index (χ2n) is 8.67. The van der Waals surface area contributed by atoms with Crippen LogP contribution in [0.15, 0.2) is 4.42 Å². The van der Waals surface area contributed by atoms with Gasteiger partial charge in [-0.1, -0.05) is 25.7 Å². The zero-order chi connectivity index (χ0) is 20.0. The van der Waals surface area contributed by atoms with Crippen molar-refractivity contribution < 1.29 is 14.3 Å². The van der Waals surface area contributed by atoms with E-state index in [9.17, 15) is 9.90 Å². The van der Waals surface area contributed by atoms with Crippen LogP contribution in [0.4, 0.5) is 4.79 Å². The van der Waals surface area contributed by atoms with Crippen LogP contribution in [0, 0.1) is 19.8 Å². The summed E-state index contributed by atoms with van der Waals surface area (Å²) in [7, 11) is 0. The quantitative estimate of drug-likeness (QED) is 0.648. The van der Waals surface area contributed by atoms with Crippen LogP contribution < -0.4 is 10.6 Å². The maximum Gasteiger partial charge on any atom is 0.314 e. The Morgan fingerprint density at radius 2 is 1.86 bits per heavy atom. The number of piperidine rings is 1. The van der Waals surface area contributed by atoms with Gasteiger partial charge in [0.1, 0.15) is 5.76 Å². The smallest absolute Gasteiger partial charge is 0.314 e. The molecular formula is C21H36N4O3. The maximum atomic E-state index is 12.1. The molecule has 0 spiro atoms. The molecule has 0 radical (unpaired) electrons. The minimum Gasteiger partial charge on any atom is -0.444 e. The molecule has 1 aliphatic heterocycles. The average Bonchev–Trinajstić information content (AvgIpc) is 2.86. The van der Waals surface area contributed by atoms with Crippen molar-refractivity contribution in [3.63, 3.8) is 0 Å². The number of carbonyl (C=O) groups excluding carboxylic acids is 1. The number of carbonyl (C=O) groups is 1. The number of rotatable bonds is 6. The fourth-order valence-electron chi connectivity index (χ4n) is 4.25. The van der Waals surface area contributed by atoms with Gasteiger partial charge in [-0.25, -0.2) is 9.78 Å². The predicted octanol–water partition coefficient (Wildman–Crippen LogP) is 2.89. The van der Waals surface area contributed by atoms with Crippen molar-refractivity contribution in [2.45, 2.75) is 77.4 Å². The van der Waals surface area contributed by atoms with Crippen LogP contribution in [-0.2, 0) is 6.54 Å². The zero-order valence-electron chi connectivity index (χ0n) is 17.4. The van der Waals surface area contributed by atoms with Crippen LogP contribution in [0.2, 0.25) is 0 Å². The van der Waals surface area contributed by atoms with Gasteiger partial charge in [-0.15, -0.1) is 0 Å². The molecule has 7 nitrogen and oxygen atoms in total. The number of hydrogen-bond donors (Lipinski definition) is 3. The Bertz CT molecular complexity index is 610. The lowest BCUT2D eigenvalue weighted by molar-refractivity contribution is 0.0276. The number of likely N-dealkylation sites (tertiary alicyclic amines) is 1. The first-order chi connectivity index (χ1) is 13.4. The van der Waals surface area contributed by atoms with Gasteiger partial charge in [0, 0.05) is 13.1 Å². The van der Waals surface area contributed by atoms with Gasteiger partial charge in [-0.3, -0.25) is 4.90 Å². The fraction of sp³-hybridized carbons (Fsp3) is 0.810. The Balaban J connectivity index is 1.31. The maximum absolute atomic E-state index is 12.1. The Labute approximate surface area is 168 Å². The first kappa shape index (κ1) is 21.1. The molecular weight excluding hydrogens is 356 g/mol. The molecule has 3 N–H and O–H groups in total. The molecule has 3 rings (SSSR count). The molecule has 2 fully saturated rings. The summed E-state index contributed by atoms with van der Waals surface area (Å²) in [5, 5.41) is 16.5. The highest BCUT2D eigenvalue weighted by Crippen LogP contribution is 2.26. The largest absolute Gasteiger partial charge is 0.444 e. The molecule has 1 saturated heterocycles. The van der Waals surface area contributed by atoms with Crippen LogP contribution in [-0.4, -0.2) is 52.8 Å². The van der Waals surface area contributed by atoms with Gasteiger partial charge in [0.05, 0.1) is 17.8 Å². The van der Waals surface area contributed by atoms with Crippen LogP contribution in [0.1, 0.15) is 68.7 Å². The number of hydrogen-bond acceptors (Lipinski definition) is 5. The number of oxazole rings is 1. The van der Waals surface area contributed by atoms with Crippen LogP contribution in [0.25, 0.3) is 0 Å². The van der Waals surface area contributed by atoms with E-state index in [0.717, 1.165) is 75.5 Å². The monoisotopic (exact) mass is 392 g/mol. The summed E-state index contributed by atoms with van der Waals surface area (Å²) in [5.41, 5.74) is 0.240. The normalized spacial score (nSPS) is 21.2. The molecule has 0 bridgehead atoms. The van der Waals surface area contributed by atoms with Gasteiger partial charge >= 0.3 is 6.03 Å². The Kier molecular flexibility index (Phi) is 7.35. The minimum absolute atomic E-state index is 0.161. The van der Waals surface area contributed by atoms with Crippen molar-refractivity contribution in [3.05, 3.63) is 17.3 Å². The summed E-state index contributed by atoms with van der Waals surface area (Å²) in [5.74, 6) is 2.19. The molecule has 158 valence electrons. The molecule has 1 aromatic rings. The lowest BCUT2D eigenvalue weighted by Crippen LogP contribution is -2.47. The summed E-state index contributed by atoms with van der Waals surface area (Å²) in [4.78, 5) is 19.0. The molecule has 1 aromatic heterocycles. The van der Waals surface area contributed by atoms with E-state index in [1.54, 1.807) is 0 Å². The summed E-state index contributed by atoms with van der Waals surface area (Å²) in [6.45, 7) is 7.71. The van der Waals surface area contributed by atoms with Crippen molar-refractivity contribution in [3.8, 4) is 0 Å². The zero-order valence-corrected chi connectivity index (χ0v) is 17.4. The second-order valence-corrected chi connectivity index (χ2v) is 8.67. The van der Waals surface area contributed by atoms with Crippen molar-refractivity contribution in [1.29, 1.82) is 0 Å². The molecule has 0 atom stereocenters. The minimum atomic E-state index is -0.726. The molecule has 0 unspecified atom stereocenters. The van der Waals surface area contributed by atoms with Gasteiger partial charge in [0.2, 0.25) is 5.89 Å². The third-order valence-electron chi connectivity index (χ3n) is 6.30. The van der Waals surface area contributed by atoms with Crippen molar-refractivity contribution in [2.75, 3.05) is 26.2 Å². The van der Waals surface area contributed by atoms with Crippen LogP contribution in [0.5, 0.6) is 0 Å². The molecule has 1 saturated carbocycles. The number of aliphatic hydroxyl groups is 1. The van der Waals surface area contributed by atoms with Gasteiger partial charge in [0.15, 0.2) is 0 Å². The lowest BCUT2D eigenvalue weighted by Gasteiger charge is -2.31. The molecule has 2 aliphatic rings. The van der Waals surface area contributed by atoms with Crippen molar-refractivity contribution in [2.24, 2.45) is 5.92 Å². The SMILES string of the molecule is Cc1nc(CN2CCC(CNC(=O)NCC3(O)CCCCCC3)CC2)oc1C. The number of urea groups is 1. The molecule has 0 aromatic carbocycles. The highest BCUT2D eigenvalue weighted by atomic mass is 16.4. The Hall–Kier alpha value is -1.60. The van der Waals surface area contributed by atoms with E-state index in [0.29, 0.717) is 19.0 Å². The van der Waals surface area contributed by atoms with Crippen LogP contribution >= 0.6 is 0 Å². The number of aromatic nitrogens is 1. The summed E-state index contributed by atoms with van der Waals surface area (Å²) < 4.78 is 5.68. The lowest BCUT2D eigenvalue weighted by atomic mass is 9.94. The van der Waals surface area contributed by atoms with Crippen molar-refractivity contribution >= 4 is 6.03 Å². The highest BCUT2D eigenvalue weighted by Gasteiger charge is 2.28. The predicted molar refractivity (Wildman–Crippen MR) is 108 cm³/mol. The Morgan fingerprint density at radius 3 is 2.46 bits per heavy atom. The first-order valence-electron chi connectivity index (χ1n) is 10.8. The molecule has 2 amide bonds. The summed E-state index contributed by atoms with van der Waals surface area (Å²) >= 11 is 0. The number of aryl methyl sites for hydroxylation is 2. The van der Waals surface area contributed by atoms with E-state index in [-0.39, 0.29) is 6.03 Å². The third-order valence-corrected chi connectivity index (χ3v) is 6.30. The topological polar surface area (TPSA) is 90.6 Å². The molecule has 28 heavy (non-hydrogen) atoms. The average molecular weight is 393 g/mol. The number of nitrogens with zero attached hydrogens (tertiary/aromatic N) is 2. The third kappa shape index (κ3) is 6.21. The Morgan fingerprint density at radius 1 is 1.18 bits per heavy atom. The van der Waals surface area contributed by atoms with E-state index < -0.39 is 5.60 Å². The molecule has 7 heteroatoms. The molecule has 2 heterocycles. The van der Waals surface area contributed by atoms with Gasteiger partial charge < -0.3 is 20.2 Å². The molecule has 1 aliphatic carbocycles. The van der Waals surface area contributed by atoms with E-state index in [4.69, 9.17) is 4.42 Å². The van der Waals surface area contributed by atoms with E-state index in [2.05, 4.69) is 20.5 Å².